The summed E-state index contributed by atoms with van der Waals surface area (Å²) in [6, 6.07) is 0. The van der Waals surface area contributed by atoms with Gasteiger partial charge in [-0.15, -0.1) is 13.2 Å². The van der Waals surface area contributed by atoms with Crippen LogP contribution in [0.15, 0.2) is 24.8 Å². The van der Waals surface area contributed by atoms with Crippen molar-refractivity contribution in [2.45, 2.75) is 19.8 Å². The van der Waals surface area contributed by atoms with E-state index in [1.807, 2.05) is 0 Å². The van der Waals surface area contributed by atoms with Crippen LogP contribution < -0.4 is 0 Å². The maximum atomic E-state index is 3.00. The zero-order valence-corrected chi connectivity index (χ0v) is 6.06. The summed E-state index contributed by atoms with van der Waals surface area (Å²) in [7, 11) is 0. The molecule has 0 aromatic heterocycles. The van der Waals surface area contributed by atoms with E-state index >= 15 is 0 Å². The minimum Gasteiger partial charge on any atom is -0.106 e. The monoisotopic (exact) mass is 122 g/mol. The average molecular weight is 122 g/mol. The van der Waals surface area contributed by atoms with Crippen molar-refractivity contribution >= 4 is 0 Å². The molecule has 2 atom stereocenters. The Bertz CT molecular complexity index is 133. The van der Waals surface area contributed by atoms with Crippen LogP contribution in [0.4, 0.5) is 0 Å². The fourth-order valence-electron chi connectivity index (χ4n) is 1.63. The quantitative estimate of drug-likeness (QED) is 0.433. The van der Waals surface area contributed by atoms with Gasteiger partial charge in [0.05, 0.1) is 0 Å². The molecule has 0 bridgehead atoms. The van der Waals surface area contributed by atoms with E-state index in [1.54, 1.807) is 5.57 Å². The van der Waals surface area contributed by atoms with E-state index < -0.39 is 0 Å². The van der Waals surface area contributed by atoms with Crippen LogP contribution in [0.25, 0.3) is 0 Å². The number of allylic oxidation sites excluding steroid dienone is 2. The highest BCUT2D eigenvalue weighted by Gasteiger charge is 2.36. The number of hydrogen-bond acceptors (Lipinski definition) is 0. The van der Waals surface area contributed by atoms with Gasteiger partial charge in [-0.1, -0.05) is 11.6 Å². The van der Waals surface area contributed by atoms with Crippen molar-refractivity contribution in [1.29, 1.82) is 0 Å². The molecule has 1 fully saturated rings. The van der Waals surface area contributed by atoms with Crippen molar-refractivity contribution < 1.29 is 0 Å². The van der Waals surface area contributed by atoms with E-state index in [1.165, 1.54) is 12.8 Å². The van der Waals surface area contributed by atoms with Crippen molar-refractivity contribution in [1.82, 2.24) is 0 Å². The Labute approximate surface area is 57.3 Å². The van der Waals surface area contributed by atoms with Crippen LogP contribution in [0.5, 0.6) is 0 Å². The zero-order valence-electron chi connectivity index (χ0n) is 6.06. The van der Waals surface area contributed by atoms with E-state index in [-0.39, 0.29) is 0 Å². The van der Waals surface area contributed by atoms with Crippen molar-refractivity contribution in [2.24, 2.45) is 11.8 Å². The van der Waals surface area contributed by atoms with Crippen LogP contribution in [-0.2, 0) is 0 Å². The molecule has 50 valence electrons. The van der Waals surface area contributed by atoms with Gasteiger partial charge < -0.3 is 0 Å². The predicted molar refractivity (Wildman–Crippen MR) is 41.2 cm³/mol. The minimum atomic E-state index is 1.03. The molecule has 0 aromatic rings. The summed E-state index contributed by atoms with van der Waals surface area (Å²) in [6.45, 7) is 8.25. The van der Waals surface area contributed by atoms with Gasteiger partial charge in [0.2, 0.25) is 0 Å². The first kappa shape index (κ1) is 6.60. The number of hydrogen-bond donors (Lipinski definition) is 0. The number of rotatable bonds is 0. The lowest BCUT2D eigenvalue weighted by atomic mass is 9.61. The predicted octanol–water partition coefficient (Wildman–Crippen LogP) is 2.77. The van der Waals surface area contributed by atoms with E-state index in [4.69, 9.17) is 0 Å². The van der Waals surface area contributed by atoms with Gasteiger partial charge in [-0.2, -0.15) is 0 Å². The SMILES string of the molecule is C=C.CC1=CC2CCC12. The van der Waals surface area contributed by atoms with Gasteiger partial charge in [0, 0.05) is 0 Å². The lowest BCUT2D eigenvalue weighted by Gasteiger charge is -2.43. The molecular formula is C9H14. The minimum absolute atomic E-state index is 1.03. The number of fused-ring (bicyclic) bond motifs is 1. The lowest BCUT2D eigenvalue weighted by molar-refractivity contribution is 0.226. The molecule has 2 aliphatic carbocycles. The maximum absolute atomic E-state index is 3.00. The summed E-state index contributed by atoms with van der Waals surface area (Å²) in [5.74, 6) is 2.07. The molecule has 1 saturated carbocycles. The lowest BCUT2D eigenvalue weighted by Crippen LogP contribution is -2.32. The molecule has 0 N–H and O–H groups in total. The van der Waals surface area contributed by atoms with Crippen LogP contribution in [0.3, 0.4) is 0 Å². The summed E-state index contributed by atoms with van der Waals surface area (Å²) in [4.78, 5) is 0. The third kappa shape index (κ3) is 0.827. The van der Waals surface area contributed by atoms with Crippen molar-refractivity contribution in [3.63, 3.8) is 0 Å². The third-order valence-electron chi connectivity index (χ3n) is 2.39. The third-order valence-corrected chi connectivity index (χ3v) is 2.39. The molecule has 9 heavy (non-hydrogen) atoms. The van der Waals surface area contributed by atoms with Crippen LogP contribution in [-0.4, -0.2) is 0 Å². The second kappa shape index (κ2) is 2.38. The van der Waals surface area contributed by atoms with Crippen molar-refractivity contribution in [3.05, 3.63) is 24.8 Å². The smallest absolute Gasteiger partial charge is 0.0143 e. The first-order valence-corrected chi connectivity index (χ1v) is 3.56. The first-order valence-electron chi connectivity index (χ1n) is 3.56. The van der Waals surface area contributed by atoms with Gasteiger partial charge in [-0.25, -0.2) is 0 Å². The second-order valence-electron chi connectivity index (χ2n) is 2.76. The van der Waals surface area contributed by atoms with Gasteiger partial charge in [-0.3, -0.25) is 0 Å². The van der Waals surface area contributed by atoms with Crippen LogP contribution >= 0.6 is 0 Å². The first-order chi connectivity index (χ1) is 4.38. The molecular weight excluding hydrogens is 108 g/mol. The molecule has 0 heterocycles. The van der Waals surface area contributed by atoms with Crippen LogP contribution in [0.2, 0.25) is 0 Å². The highest BCUT2D eigenvalue weighted by atomic mass is 14.4. The highest BCUT2D eigenvalue weighted by Crippen LogP contribution is 2.48. The second-order valence-corrected chi connectivity index (χ2v) is 2.76. The molecule has 0 amide bonds. The average Bonchev–Trinajstić information content (AvgIpc) is 1.87. The summed E-state index contributed by atoms with van der Waals surface area (Å²) < 4.78 is 0. The van der Waals surface area contributed by atoms with E-state index in [0.29, 0.717) is 0 Å². The molecule has 0 nitrogen and oxygen atoms in total. The fourth-order valence-corrected chi connectivity index (χ4v) is 1.63. The molecule has 0 saturated heterocycles. The van der Waals surface area contributed by atoms with Gasteiger partial charge in [0.1, 0.15) is 0 Å². The molecule has 2 aliphatic rings. The molecule has 0 aliphatic heterocycles. The zero-order chi connectivity index (χ0) is 6.85. The van der Waals surface area contributed by atoms with Gasteiger partial charge in [0.25, 0.3) is 0 Å². The summed E-state index contributed by atoms with van der Waals surface area (Å²) in [6.07, 6.45) is 5.36. The molecule has 0 radical (unpaired) electrons. The normalized spacial score (nSPS) is 35.9. The van der Waals surface area contributed by atoms with E-state index in [9.17, 15) is 0 Å². The molecule has 0 spiro atoms. The Morgan fingerprint density at radius 3 is 2.11 bits per heavy atom. The van der Waals surface area contributed by atoms with Gasteiger partial charge >= 0.3 is 0 Å². The van der Waals surface area contributed by atoms with Gasteiger partial charge in [0.15, 0.2) is 0 Å². The van der Waals surface area contributed by atoms with Crippen LogP contribution in [0.1, 0.15) is 19.8 Å². The Morgan fingerprint density at radius 1 is 1.44 bits per heavy atom. The van der Waals surface area contributed by atoms with E-state index in [0.717, 1.165) is 11.8 Å². The topological polar surface area (TPSA) is 0 Å². The Balaban J connectivity index is 0.000000186. The van der Waals surface area contributed by atoms with Crippen molar-refractivity contribution in [3.8, 4) is 0 Å². The standard InChI is InChI=1S/C7H10.C2H4/c1-5-4-6-2-3-7(5)6;1-2/h4,6-7H,2-3H2,1H3;1-2H2. The molecule has 0 heteroatoms. The summed E-state index contributed by atoms with van der Waals surface area (Å²) >= 11 is 0. The van der Waals surface area contributed by atoms with Crippen LogP contribution in [0, 0.1) is 11.8 Å². The summed E-state index contributed by atoms with van der Waals surface area (Å²) in [5.41, 5.74) is 1.65. The Morgan fingerprint density at radius 2 is 2.11 bits per heavy atom. The maximum Gasteiger partial charge on any atom is -0.0143 e. The van der Waals surface area contributed by atoms with Crippen molar-refractivity contribution in [2.75, 3.05) is 0 Å². The van der Waals surface area contributed by atoms with Gasteiger partial charge in [-0.05, 0) is 31.6 Å². The fraction of sp³-hybridized carbons (Fsp3) is 0.556. The van der Waals surface area contributed by atoms with E-state index in [2.05, 4.69) is 26.2 Å². The Kier molecular flexibility index (Phi) is 1.75. The Hall–Kier alpha value is -0.520. The highest BCUT2D eigenvalue weighted by molar-refractivity contribution is 5.24. The summed E-state index contributed by atoms with van der Waals surface area (Å²) in [5, 5.41) is 0. The molecule has 0 aromatic carbocycles. The molecule has 2 rings (SSSR count). The largest absolute Gasteiger partial charge is 0.106 e. The molecule has 2 unspecified atom stereocenters.